The van der Waals surface area contributed by atoms with Crippen molar-refractivity contribution in [3.05, 3.63) is 58.6 Å². The van der Waals surface area contributed by atoms with Crippen LogP contribution in [-0.4, -0.2) is 65.1 Å². The van der Waals surface area contributed by atoms with Crippen molar-refractivity contribution in [1.82, 2.24) is 15.2 Å². The average Bonchev–Trinajstić information content (AvgIpc) is 3.31. The zero-order chi connectivity index (χ0) is 22.9. The number of aliphatic imine (C=N–C) groups is 1. The molecule has 0 atom stereocenters. The maximum Gasteiger partial charge on any atom is 0.260 e. The molecule has 33 heavy (non-hydrogen) atoms. The molecule has 0 bridgehead atoms. The molecule has 1 fully saturated rings. The minimum Gasteiger partial charge on any atom is -0.494 e. The number of carbonyl (C=O) groups excluding carboxylic acids is 1. The second-order valence-corrected chi connectivity index (χ2v) is 8.81. The van der Waals surface area contributed by atoms with Crippen LogP contribution in [0.5, 0.6) is 5.88 Å². The van der Waals surface area contributed by atoms with E-state index in [-0.39, 0.29) is 24.4 Å². The SMILES string of the molecule is CN1CCC(NC(=O)CO/N=C2/C(c3c(O)[nH]c4ccc(Cl)cc34)=Nc3ccccc32)CC1. The van der Waals surface area contributed by atoms with Crippen molar-refractivity contribution < 1.29 is 14.7 Å². The van der Waals surface area contributed by atoms with Crippen molar-refractivity contribution in [3.63, 3.8) is 0 Å². The zero-order valence-electron chi connectivity index (χ0n) is 18.1. The summed E-state index contributed by atoms with van der Waals surface area (Å²) >= 11 is 6.20. The quantitative estimate of drug-likeness (QED) is 0.501. The molecule has 9 heteroatoms. The molecule has 2 aliphatic rings. The van der Waals surface area contributed by atoms with Gasteiger partial charge in [0.25, 0.3) is 5.91 Å². The molecule has 0 unspecified atom stereocenters. The van der Waals surface area contributed by atoms with E-state index >= 15 is 0 Å². The predicted octanol–water partition coefficient (Wildman–Crippen LogP) is 3.59. The largest absolute Gasteiger partial charge is 0.494 e. The highest BCUT2D eigenvalue weighted by Crippen LogP contribution is 2.36. The Hall–Kier alpha value is -3.36. The fraction of sp³-hybridized carbons (Fsp3) is 0.292. The van der Waals surface area contributed by atoms with Gasteiger partial charge in [0, 0.05) is 27.5 Å². The van der Waals surface area contributed by atoms with Crippen LogP contribution in [0.3, 0.4) is 0 Å². The van der Waals surface area contributed by atoms with Gasteiger partial charge in [-0.1, -0.05) is 35.0 Å². The van der Waals surface area contributed by atoms with E-state index in [1.165, 1.54) is 0 Å². The highest BCUT2D eigenvalue weighted by molar-refractivity contribution is 6.58. The van der Waals surface area contributed by atoms with Crippen molar-refractivity contribution in [3.8, 4) is 5.88 Å². The molecular formula is C24H24ClN5O3. The summed E-state index contributed by atoms with van der Waals surface area (Å²) in [6.07, 6.45) is 1.84. The first kappa shape index (κ1) is 21.5. The number of carbonyl (C=O) groups is 1. The van der Waals surface area contributed by atoms with Gasteiger partial charge in [-0.05, 0) is 57.2 Å². The number of amides is 1. The number of aromatic amines is 1. The Morgan fingerprint density at radius 3 is 2.91 bits per heavy atom. The van der Waals surface area contributed by atoms with Crippen LogP contribution in [-0.2, 0) is 9.63 Å². The van der Waals surface area contributed by atoms with Crippen LogP contribution in [0.25, 0.3) is 10.9 Å². The van der Waals surface area contributed by atoms with E-state index in [1.54, 1.807) is 18.2 Å². The van der Waals surface area contributed by atoms with Crippen molar-refractivity contribution in [1.29, 1.82) is 0 Å². The number of oxime groups is 1. The fourth-order valence-electron chi connectivity index (χ4n) is 4.31. The van der Waals surface area contributed by atoms with E-state index < -0.39 is 0 Å². The van der Waals surface area contributed by atoms with Gasteiger partial charge >= 0.3 is 0 Å². The van der Waals surface area contributed by atoms with E-state index in [1.807, 2.05) is 24.3 Å². The summed E-state index contributed by atoms with van der Waals surface area (Å²) in [5, 5.41) is 19.2. The van der Waals surface area contributed by atoms with Crippen LogP contribution >= 0.6 is 11.6 Å². The second-order valence-electron chi connectivity index (χ2n) is 8.37. The standard InChI is InChI=1S/C24H24ClN5O3/c1-30-10-8-15(9-11-30)26-20(31)13-33-29-22-16-4-2-3-5-18(16)27-23(22)21-17-12-14(25)6-7-19(17)28-24(21)32/h2-7,12,15,28,32H,8-11,13H2,1H3,(H,26,31)/b29-22+. The third-order valence-electron chi connectivity index (χ3n) is 6.03. The number of fused-ring (bicyclic) bond motifs is 2. The van der Waals surface area contributed by atoms with Crippen molar-refractivity contribution in [2.24, 2.45) is 10.1 Å². The van der Waals surface area contributed by atoms with Gasteiger partial charge in [-0.25, -0.2) is 4.99 Å². The number of para-hydroxylation sites is 1. The van der Waals surface area contributed by atoms with Gasteiger partial charge in [0.2, 0.25) is 0 Å². The minimum atomic E-state index is -0.208. The minimum absolute atomic E-state index is 0.0356. The number of H-pyrrole nitrogens is 1. The molecule has 0 spiro atoms. The van der Waals surface area contributed by atoms with E-state index in [2.05, 4.69) is 27.4 Å². The summed E-state index contributed by atoms with van der Waals surface area (Å²) in [6, 6.07) is 13.0. The Morgan fingerprint density at radius 2 is 2.09 bits per heavy atom. The molecular weight excluding hydrogens is 442 g/mol. The number of piperidine rings is 1. The maximum absolute atomic E-state index is 12.4. The van der Waals surface area contributed by atoms with Gasteiger partial charge < -0.3 is 25.1 Å². The van der Waals surface area contributed by atoms with Crippen LogP contribution in [0.15, 0.2) is 52.6 Å². The topological polar surface area (TPSA) is 102 Å². The smallest absolute Gasteiger partial charge is 0.260 e. The number of aromatic hydroxyl groups is 1. The summed E-state index contributed by atoms with van der Waals surface area (Å²) in [5.41, 5.74) is 3.59. The molecule has 1 amide bonds. The van der Waals surface area contributed by atoms with E-state index in [9.17, 15) is 9.90 Å². The van der Waals surface area contributed by atoms with Crippen molar-refractivity contribution >= 4 is 45.5 Å². The van der Waals surface area contributed by atoms with Gasteiger partial charge in [0.05, 0.1) is 11.3 Å². The van der Waals surface area contributed by atoms with Gasteiger partial charge in [0.1, 0.15) is 11.4 Å². The van der Waals surface area contributed by atoms with Crippen LogP contribution in [0.1, 0.15) is 24.0 Å². The highest BCUT2D eigenvalue weighted by atomic mass is 35.5. The number of nitrogens with zero attached hydrogens (tertiary/aromatic N) is 3. The third-order valence-corrected chi connectivity index (χ3v) is 6.26. The number of hydrogen-bond donors (Lipinski definition) is 3. The Bertz CT molecular complexity index is 1270. The van der Waals surface area contributed by atoms with E-state index in [4.69, 9.17) is 21.4 Å². The summed E-state index contributed by atoms with van der Waals surface area (Å²) in [6.45, 7) is 1.72. The zero-order valence-corrected chi connectivity index (χ0v) is 18.9. The molecule has 3 aromatic rings. The first-order chi connectivity index (χ1) is 16.0. The molecule has 3 heterocycles. The molecule has 170 valence electrons. The highest BCUT2D eigenvalue weighted by Gasteiger charge is 2.29. The molecule has 2 aromatic carbocycles. The lowest BCUT2D eigenvalue weighted by atomic mass is 10.0. The average molecular weight is 466 g/mol. The normalized spacial score (nSPS) is 17.9. The molecule has 1 saturated heterocycles. The molecule has 0 radical (unpaired) electrons. The molecule has 3 N–H and O–H groups in total. The second kappa shape index (κ2) is 8.88. The number of nitrogens with one attached hydrogen (secondary N) is 2. The van der Waals surface area contributed by atoms with Gasteiger partial charge in [-0.15, -0.1) is 0 Å². The third kappa shape index (κ3) is 4.31. The number of hydrogen-bond acceptors (Lipinski definition) is 6. The van der Waals surface area contributed by atoms with Crippen molar-refractivity contribution in [2.45, 2.75) is 18.9 Å². The number of rotatable bonds is 5. The number of likely N-dealkylation sites (tertiary alicyclic amines) is 1. The van der Waals surface area contributed by atoms with Crippen LogP contribution in [0.2, 0.25) is 5.02 Å². The van der Waals surface area contributed by atoms with E-state index in [0.29, 0.717) is 27.7 Å². The Labute approximate surface area is 195 Å². The lowest BCUT2D eigenvalue weighted by molar-refractivity contribution is -0.126. The molecule has 8 nitrogen and oxygen atoms in total. The molecule has 5 rings (SSSR count). The van der Waals surface area contributed by atoms with Gasteiger partial charge in [0.15, 0.2) is 12.5 Å². The molecule has 1 aromatic heterocycles. The van der Waals surface area contributed by atoms with Crippen LogP contribution < -0.4 is 5.32 Å². The first-order valence-electron chi connectivity index (χ1n) is 10.9. The molecule has 2 aliphatic heterocycles. The summed E-state index contributed by atoms with van der Waals surface area (Å²) in [5.74, 6) is -0.244. The Morgan fingerprint density at radius 1 is 1.30 bits per heavy atom. The Balaban J connectivity index is 1.39. The Kier molecular flexibility index (Phi) is 5.78. The van der Waals surface area contributed by atoms with E-state index in [0.717, 1.165) is 42.4 Å². The van der Waals surface area contributed by atoms with Crippen LogP contribution in [0.4, 0.5) is 5.69 Å². The molecule has 0 saturated carbocycles. The lowest BCUT2D eigenvalue weighted by Gasteiger charge is -2.29. The number of halogens is 1. The monoisotopic (exact) mass is 465 g/mol. The number of benzene rings is 2. The predicted molar refractivity (Wildman–Crippen MR) is 129 cm³/mol. The molecule has 0 aliphatic carbocycles. The maximum atomic E-state index is 12.4. The van der Waals surface area contributed by atoms with Crippen LogP contribution in [0, 0.1) is 0 Å². The summed E-state index contributed by atoms with van der Waals surface area (Å²) in [4.78, 5) is 27.7. The van der Waals surface area contributed by atoms with Crippen molar-refractivity contribution in [2.75, 3.05) is 26.7 Å². The first-order valence-corrected chi connectivity index (χ1v) is 11.2. The lowest BCUT2D eigenvalue weighted by Crippen LogP contribution is -2.44. The summed E-state index contributed by atoms with van der Waals surface area (Å²) in [7, 11) is 2.08. The number of aromatic nitrogens is 1. The fourth-order valence-corrected chi connectivity index (χ4v) is 4.48. The summed E-state index contributed by atoms with van der Waals surface area (Å²) < 4.78 is 0. The van der Waals surface area contributed by atoms with Gasteiger partial charge in [-0.3, -0.25) is 4.79 Å². The van der Waals surface area contributed by atoms with Gasteiger partial charge in [-0.2, -0.15) is 0 Å².